The molecular weight excluding hydrogens is 498 g/mol. The molecule has 0 unspecified atom stereocenters. The maximum atomic E-state index is 13.0. The third-order valence-corrected chi connectivity index (χ3v) is 6.56. The number of fused-ring (bicyclic) bond motifs is 3. The van der Waals surface area contributed by atoms with Crippen LogP contribution in [-0.2, 0) is 14.3 Å². The standard InChI is InChI=1S/C26H33N3O9/c1-29(26(37)38-24-16-8-4-2-6-14(16)15-7-3-5-9-17(15)24)18(25(27)36)10-11-21(33)28-12-19(31)22(34)23(35)20(32)13-30/h2-9,18-20,22-24,30-32,34-35H,10-13H2,1H3,(H2,27,36)(H,28,33)/t18-,19-,20+,22+,23+/m0/s1. The number of carbonyl (C=O) groups is 3. The van der Waals surface area contributed by atoms with E-state index in [0.29, 0.717) is 0 Å². The van der Waals surface area contributed by atoms with Crippen LogP contribution in [0.4, 0.5) is 4.79 Å². The summed E-state index contributed by atoms with van der Waals surface area (Å²) in [6, 6.07) is 13.9. The summed E-state index contributed by atoms with van der Waals surface area (Å²) in [4.78, 5) is 38.4. The molecule has 3 rings (SSSR count). The second-order valence-electron chi connectivity index (χ2n) is 9.11. The first-order valence-electron chi connectivity index (χ1n) is 12.1. The predicted molar refractivity (Wildman–Crippen MR) is 134 cm³/mol. The number of aliphatic hydroxyl groups is 5. The third kappa shape index (κ3) is 6.47. The van der Waals surface area contributed by atoms with Crippen molar-refractivity contribution in [2.24, 2.45) is 5.73 Å². The predicted octanol–water partition coefficient (Wildman–Crippen LogP) is -0.989. The van der Waals surface area contributed by atoms with E-state index in [1.54, 1.807) is 0 Å². The smallest absolute Gasteiger partial charge is 0.411 e. The molecule has 12 nitrogen and oxygen atoms in total. The summed E-state index contributed by atoms with van der Waals surface area (Å²) >= 11 is 0. The Kier molecular flexibility index (Phi) is 9.78. The topological polar surface area (TPSA) is 203 Å². The molecule has 0 saturated carbocycles. The van der Waals surface area contributed by atoms with E-state index in [2.05, 4.69) is 5.32 Å². The molecule has 0 heterocycles. The average molecular weight is 532 g/mol. The highest BCUT2D eigenvalue weighted by Gasteiger charge is 2.34. The van der Waals surface area contributed by atoms with Gasteiger partial charge in [-0.3, -0.25) is 14.5 Å². The number of likely N-dealkylation sites (N-methyl/N-ethyl adjacent to an activating group) is 1. The maximum absolute atomic E-state index is 13.0. The molecular formula is C26H33N3O9. The van der Waals surface area contributed by atoms with Crippen LogP contribution in [0.2, 0.25) is 0 Å². The molecule has 1 aliphatic carbocycles. The minimum atomic E-state index is -1.83. The molecule has 0 saturated heterocycles. The van der Waals surface area contributed by atoms with Crippen LogP contribution >= 0.6 is 0 Å². The molecule has 38 heavy (non-hydrogen) atoms. The van der Waals surface area contributed by atoms with Crippen molar-refractivity contribution >= 4 is 17.9 Å². The normalized spacial score (nSPS) is 16.4. The Morgan fingerprint density at radius 3 is 2.00 bits per heavy atom. The van der Waals surface area contributed by atoms with Crippen LogP contribution in [0.5, 0.6) is 0 Å². The van der Waals surface area contributed by atoms with Crippen molar-refractivity contribution in [3.05, 3.63) is 59.7 Å². The van der Waals surface area contributed by atoms with Crippen LogP contribution in [0.15, 0.2) is 48.5 Å². The molecule has 0 aliphatic heterocycles. The number of rotatable bonds is 12. The number of carbonyl (C=O) groups excluding carboxylic acids is 3. The monoisotopic (exact) mass is 531 g/mol. The van der Waals surface area contributed by atoms with Gasteiger partial charge in [-0.25, -0.2) is 4.79 Å². The molecule has 0 radical (unpaired) electrons. The van der Waals surface area contributed by atoms with Crippen molar-refractivity contribution < 1.29 is 44.7 Å². The summed E-state index contributed by atoms with van der Waals surface area (Å²) < 4.78 is 5.78. The number of hydrogen-bond donors (Lipinski definition) is 7. The lowest BCUT2D eigenvalue weighted by atomic mass is 10.0. The average Bonchev–Trinajstić information content (AvgIpc) is 3.23. The molecule has 206 valence electrons. The molecule has 2 aromatic carbocycles. The number of nitrogens with zero attached hydrogens (tertiary/aromatic N) is 1. The van der Waals surface area contributed by atoms with Gasteiger partial charge in [0.1, 0.15) is 24.4 Å². The zero-order valence-corrected chi connectivity index (χ0v) is 20.8. The maximum Gasteiger partial charge on any atom is 0.411 e. The van der Waals surface area contributed by atoms with Gasteiger partial charge in [-0.15, -0.1) is 0 Å². The van der Waals surface area contributed by atoms with Crippen LogP contribution in [-0.4, -0.2) is 99.0 Å². The van der Waals surface area contributed by atoms with E-state index in [9.17, 15) is 34.8 Å². The number of ether oxygens (including phenoxy) is 1. The third-order valence-electron chi connectivity index (χ3n) is 6.56. The van der Waals surface area contributed by atoms with Gasteiger partial charge in [0.25, 0.3) is 0 Å². The van der Waals surface area contributed by atoms with E-state index in [-0.39, 0.29) is 12.8 Å². The van der Waals surface area contributed by atoms with E-state index >= 15 is 0 Å². The zero-order valence-electron chi connectivity index (χ0n) is 20.8. The first-order chi connectivity index (χ1) is 18.1. The summed E-state index contributed by atoms with van der Waals surface area (Å²) in [5.74, 6) is -1.47. The highest BCUT2D eigenvalue weighted by molar-refractivity contribution is 5.86. The number of amides is 3. The van der Waals surface area contributed by atoms with Crippen molar-refractivity contribution in [2.75, 3.05) is 20.2 Å². The second-order valence-corrected chi connectivity index (χ2v) is 9.11. The van der Waals surface area contributed by atoms with Gasteiger partial charge < -0.3 is 41.3 Å². The van der Waals surface area contributed by atoms with E-state index in [1.807, 2.05) is 48.5 Å². The summed E-state index contributed by atoms with van der Waals surface area (Å²) in [7, 11) is 1.34. The number of primary amides is 1. The second kappa shape index (κ2) is 12.8. The fourth-order valence-corrected chi connectivity index (χ4v) is 4.33. The van der Waals surface area contributed by atoms with Crippen LogP contribution in [0.1, 0.15) is 30.1 Å². The van der Waals surface area contributed by atoms with Gasteiger partial charge in [0.2, 0.25) is 11.8 Å². The molecule has 3 amide bonds. The Hall–Kier alpha value is -3.55. The Labute approximate surface area is 219 Å². The van der Waals surface area contributed by atoms with Gasteiger partial charge >= 0.3 is 6.09 Å². The largest absolute Gasteiger partial charge is 0.436 e. The molecule has 12 heteroatoms. The molecule has 1 aliphatic rings. The highest BCUT2D eigenvalue weighted by atomic mass is 16.6. The number of nitrogens with one attached hydrogen (secondary N) is 1. The fraction of sp³-hybridized carbons (Fsp3) is 0.423. The summed E-state index contributed by atoms with van der Waals surface area (Å²) in [6.07, 6.45) is -8.86. The fourth-order valence-electron chi connectivity index (χ4n) is 4.33. The lowest BCUT2D eigenvalue weighted by Gasteiger charge is -2.27. The van der Waals surface area contributed by atoms with E-state index in [0.717, 1.165) is 27.2 Å². The lowest BCUT2D eigenvalue weighted by Crippen LogP contribution is -2.50. The van der Waals surface area contributed by atoms with Crippen molar-refractivity contribution in [2.45, 2.75) is 49.4 Å². The highest BCUT2D eigenvalue weighted by Crippen LogP contribution is 2.45. The molecule has 0 spiro atoms. The van der Waals surface area contributed by atoms with Gasteiger partial charge in [-0.05, 0) is 17.5 Å². The van der Waals surface area contributed by atoms with E-state index in [4.69, 9.17) is 15.6 Å². The molecule has 2 aromatic rings. The molecule has 5 atom stereocenters. The van der Waals surface area contributed by atoms with Gasteiger partial charge in [0.15, 0.2) is 6.10 Å². The molecule has 0 bridgehead atoms. The molecule has 0 fully saturated rings. The Morgan fingerprint density at radius 2 is 1.47 bits per heavy atom. The first kappa shape index (κ1) is 29.0. The van der Waals surface area contributed by atoms with Crippen molar-refractivity contribution in [3.8, 4) is 11.1 Å². The summed E-state index contributed by atoms with van der Waals surface area (Å²) in [5.41, 5.74) is 8.99. The number of nitrogens with two attached hydrogens (primary N) is 1. The summed E-state index contributed by atoms with van der Waals surface area (Å²) in [6.45, 7) is -1.31. The van der Waals surface area contributed by atoms with Crippen molar-refractivity contribution in [3.63, 3.8) is 0 Å². The van der Waals surface area contributed by atoms with E-state index in [1.165, 1.54) is 7.05 Å². The number of benzene rings is 2. The quantitative estimate of drug-likeness (QED) is 0.179. The van der Waals surface area contributed by atoms with Crippen LogP contribution in [0, 0.1) is 0 Å². The molecule has 8 N–H and O–H groups in total. The Balaban J connectivity index is 1.57. The van der Waals surface area contributed by atoms with Gasteiger partial charge in [0, 0.05) is 31.1 Å². The van der Waals surface area contributed by atoms with Crippen molar-refractivity contribution in [1.29, 1.82) is 0 Å². The SMILES string of the molecule is CN(C(=O)OC1c2ccccc2-c2ccccc21)[C@@H](CCC(=O)NC[C@H](O)[C@@H](O)[C@H](O)[C@H](O)CO)C(N)=O. The minimum absolute atomic E-state index is 0.144. The molecule has 0 aromatic heterocycles. The summed E-state index contributed by atoms with van der Waals surface area (Å²) in [5, 5.41) is 49.9. The zero-order chi connectivity index (χ0) is 28.0. The Bertz CT molecular complexity index is 1100. The minimum Gasteiger partial charge on any atom is -0.436 e. The van der Waals surface area contributed by atoms with Crippen LogP contribution < -0.4 is 11.1 Å². The first-order valence-corrected chi connectivity index (χ1v) is 12.1. The van der Waals surface area contributed by atoms with E-state index < -0.39 is 67.6 Å². The van der Waals surface area contributed by atoms with Crippen LogP contribution in [0.3, 0.4) is 0 Å². The van der Waals surface area contributed by atoms with Gasteiger partial charge in [-0.2, -0.15) is 0 Å². The number of aliphatic hydroxyl groups excluding tert-OH is 5. The van der Waals surface area contributed by atoms with Gasteiger partial charge in [-0.1, -0.05) is 48.5 Å². The lowest BCUT2D eigenvalue weighted by molar-refractivity contribution is -0.127. The van der Waals surface area contributed by atoms with Crippen LogP contribution in [0.25, 0.3) is 11.1 Å². The number of hydrogen-bond acceptors (Lipinski definition) is 9. The van der Waals surface area contributed by atoms with Gasteiger partial charge in [0.05, 0.1) is 12.7 Å². The Morgan fingerprint density at radius 1 is 0.947 bits per heavy atom. The van der Waals surface area contributed by atoms with Crippen molar-refractivity contribution in [1.82, 2.24) is 10.2 Å².